The van der Waals surface area contributed by atoms with Crippen LogP contribution in [0.15, 0.2) is 48.5 Å². The molecule has 2 amide bonds. The van der Waals surface area contributed by atoms with Crippen LogP contribution in [-0.4, -0.2) is 24.9 Å². The van der Waals surface area contributed by atoms with Crippen molar-refractivity contribution in [2.75, 3.05) is 28.6 Å². The average molecular weight is 348 g/mol. The topological polar surface area (TPSA) is 85.2 Å². The van der Waals surface area contributed by atoms with Crippen LogP contribution in [0.4, 0.5) is 17.1 Å². The Hall–Kier alpha value is -3.33. The normalized spacial score (nSPS) is 13.6. The van der Waals surface area contributed by atoms with Gasteiger partial charge in [-0.05, 0) is 67.8 Å². The number of carbonyl (C=O) groups is 2. The Morgan fingerprint density at radius 3 is 1.81 bits per heavy atom. The summed E-state index contributed by atoms with van der Waals surface area (Å²) in [4.78, 5) is 26.4. The number of nitrogens with zero attached hydrogens (tertiary/aromatic N) is 2. The van der Waals surface area contributed by atoms with Crippen molar-refractivity contribution >= 4 is 28.9 Å². The molecule has 0 unspecified atom stereocenters. The van der Waals surface area contributed by atoms with Crippen molar-refractivity contribution in [3.05, 3.63) is 54.1 Å². The molecule has 0 aromatic heterocycles. The van der Waals surface area contributed by atoms with Gasteiger partial charge in [-0.25, -0.2) is 0 Å². The zero-order valence-corrected chi connectivity index (χ0v) is 14.4. The van der Waals surface area contributed by atoms with Gasteiger partial charge in [-0.3, -0.25) is 9.59 Å². The molecule has 2 aromatic rings. The van der Waals surface area contributed by atoms with Crippen LogP contribution in [0.1, 0.15) is 24.8 Å². The summed E-state index contributed by atoms with van der Waals surface area (Å²) in [7, 11) is 0. The Bertz CT molecular complexity index is 816. The molecular weight excluding hydrogens is 328 g/mol. The van der Waals surface area contributed by atoms with Crippen molar-refractivity contribution < 1.29 is 9.59 Å². The molecule has 1 saturated heterocycles. The van der Waals surface area contributed by atoms with Gasteiger partial charge in [-0.15, -0.1) is 0 Å². The number of rotatable bonds is 3. The molecule has 0 spiro atoms. The standard InChI is InChI=1S/C20H20N4O2/c21-14-15-4-6-16(7-5-15)22-19(25)20(26)23-17-8-10-18(11-9-17)24-12-2-1-3-13-24/h4-11H,1-3,12-13H2,(H,22,25)(H,23,26). The average Bonchev–Trinajstić information content (AvgIpc) is 2.70. The molecule has 0 atom stereocenters. The van der Waals surface area contributed by atoms with Gasteiger partial charge in [0.2, 0.25) is 0 Å². The maximum Gasteiger partial charge on any atom is 0.314 e. The van der Waals surface area contributed by atoms with E-state index >= 15 is 0 Å². The second-order valence-electron chi connectivity index (χ2n) is 6.19. The van der Waals surface area contributed by atoms with Gasteiger partial charge in [0.05, 0.1) is 11.6 Å². The van der Waals surface area contributed by atoms with Crippen molar-refractivity contribution in [1.82, 2.24) is 0 Å². The Balaban J connectivity index is 1.56. The van der Waals surface area contributed by atoms with Crippen LogP contribution in [0.5, 0.6) is 0 Å². The molecule has 1 aliphatic heterocycles. The van der Waals surface area contributed by atoms with Crippen LogP contribution in [0.2, 0.25) is 0 Å². The number of nitriles is 1. The van der Waals surface area contributed by atoms with E-state index in [0.29, 0.717) is 16.9 Å². The molecule has 1 aliphatic rings. The van der Waals surface area contributed by atoms with Crippen molar-refractivity contribution in [3.63, 3.8) is 0 Å². The lowest BCUT2D eigenvalue weighted by Gasteiger charge is -2.28. The summed E-state index contributed by atoms with van der Waals surface area (Å²) in [5, 5.41) is 13.9. The molecular formula is C20H20N4O2. The predicted octanol–water partition coefficient (Wildman–Crippen LogP) is 3.13. The van der Waals surface area contributed by atoms with E-state index in [4.69, 9.17) is 5.26 Å². The number of benzene rings is 2. The molecule has 2 N–H and O–H groups in total. The van der Waals surface area contributed by atoms with E-state index in [-0.39, 0.29) is 0 Å². The van der Waals surface area contributed by atoms with Crippen molar-refractivity contribution in [2.45, 2.75) is 19.3 Å². The molecule has 6 nitrogen and oxygen atoms in total. The summed E-state index contributed by atoms with van der Waals surface area (Å²) in [5.74, 6) is -1.49. The first-order valence-electron chi connectivity index (χ1n) is 8.63. The van der Waals surface area contributed by atoms with Crippen LogP contribution in [0.25, 0.3) is 0 Å². The second kappa shape index (κ2) is 8.17. The molecule has 0 saturated carbocycles. The number of amides is 2. The highest BCUT2D eigenvalue weighted by Crippen LogP contribution is 2.21. The third-order valence-electron chi connectivity index (χ3n) is 4.32. The summed E-state index contributed by atoms with van der Waals surface area (Å²) in [6, 6.07) is 15.8. The third kappa shape index (κ3) is 4.39. The number of nitrogens with one attached hydrogen (secondary N) is 2. The Morgan fingerprint density at radius 2 is 1.31 bits per heavy atom. The van der Waals surface area contributed by atoms with Crippen LogP contribution < -0.4 is 15.5 Å². The fourth-order valence-electron chi connectivity index (χ4n) is 2.91. The minimum atomic E-state index is -0.755. The SMILES string of the molecule is N#Cc1ccc(NC(=O)C(=O)Nc2ccc(N3CCCCC3)cc2)cc1. The number of hydrogen-bond acceptors (Lipinski definition) is 4. The third-order valence-corrected chi connectivity index (χ3v) is 4.32. The maximum absolute atomic E-state index is 12.0. The number of carbonyl (C=O) groups excluding carboxylic acids is 2. The fraction of sp³-hybridized carbons (Fsp3) is 0.250. The molecule has 1 fully saturated rings. The first-order chi connectivity index (χ1) is 12.7. The predicted molar refractivity (Wildman–Crippen MR) is 101 cm³/mol. The highest BCUT2D eigenvalue weighted by molar-refractivity contribution is 6.43. The zero-order valence-electron chi connectivity index (χ0n) is 14.4. The van der Waals surface area contributed by atoms with Crippen LogP contribution >= 0.6 is 0 Å². The summed E-state index contributed by atoms with van der Waals surface area (Å²) >= 11 is 0. The maximum atomic E-state index is 12.0. The quantitative estimate of drug-likeness (QED) is 0.835. The van der Waals surface area contributed by atoms with E-state index in [0.717, 1.165) is 18.8 Å². The minimum Gasteiger partial charge on any atom is -0.372 e. The fourth-order valence-corrected chi connectivity index (χ4v) is 2.91. The van der Waals surface area contributed by atoms with Crippen LogP contribution in [0.3, 0.4) is 0 Å². The molecule has 0 aliphatic carbocycles. The molecule has 6 heteroatoms. The largest absolute Gasteiger partial charge is 0.372 e. The van der Waals surface area contributed by atoms with Crippen LogP contribution in [0, 0.1) is 11.3 Å². The lowest BCUT2D eigenvalue weighted by Crippen LogP contribution is -2.30. The molecule has 0 radical (unpaired) electrons. The first-order valence-corrected chi connectivity index (χ1v) is 8.63. The van der Waals surface area contributed by atoms with E-state index < -0.39 is 11.8 Å². The summed E-state index contributed by atoms with van der Waals surface area (Å²) in [5.41, 5.74) is 2.65. The smallest absolute Gasteiger partial charge is 0.314 e. The molecule has 26 heavy (non-hydrogen) atoms. The van der Waals surface area contributed by atoms with Crippen LogP contribution in [-0.2, 0) is 9.59 Å². The lowest BCUT2D eigenvalue weighted by atomic mass is 10.1. The number of hydrogen-bond donors (Lipinski definition) is 2. The summed E-state index contributed by atoms with van der Waals surface area (Å²) < 4.78 is 0. The van der Waals surface area contributed by atoms with Gasteiger partial charge in [0.15, 0.2) is 0 Å². The van der Waals surface area contributed by atoms with Gasteiger partial charge < -0.3 is 15.5 Å². The molecule has 132 valence electrons. The van der Waals surface area contributed by atoms with Crippen molar-refractivity contribution in [3.8, 4) is 6.07 Å². The Kier molecular flexibility index (Phi) is 5.49. The van der Waals surface area contributed by atoms with Gasteiger partial charge in [0.25, 0.3) is 0 Å². The number of anilines is 3. The second-order valence-corrected chi connectivity index (χ2v) is 6.19. The summed E-state index contributed by atoms with van der Waals surface area (Å²) in [6.07, 6.45) is 3.68. The lowest BCUT2D eigenvalue weighted by molar-refractivity contribution is -0.132. The van der Waals surface area contributed by atoms with Gasteiger partial charge in [0, 0.05) is 30.2 Å². The van der Waals surface area contributed by atoms with E-state index in [2.05, 4.69) is 15.5 Å². The zero-order chi connectivity index (χ0) is 18.4. The van der Waals surface area contributed by atoms with Crippen molar-refractivity contribution in [2.24, 2.45) is 0 Å². The van der Waals surface area contributed by atoms with E-state index in [1.807, 2.05) is 18.2 Å². The highest BCUT2D eigenvalue weighted by Gasteiger charge is 2.15. The van der Waals surface area contributed by atoms with Gasteiger partial charge >= 0.3 is 11.8 Å². The van der Waals surface area contributed by atoms with E-state index in [1.54, 1.807) is 36.4 Å². The number of piperidine rings is 1. The minimum absolute atomic E-state index is 0.463. The van der Waals surface area contributed by atoms with Gasteiger partial charge in [0.1, 0.15) is 0 Å². The Labute approximate surface area is 152 Å². The van der Waals surface area contributed by atoms with Gasteiger partial charge in [-0.1, -0.05) is 0 Å². The molecule has 0 bridgehead atoms. The van der Waals surface area contributed by atoms with Crippen molar-refractivity contribution in [1.29, 1.82) is 5.26 Å². The molecule has 2 aromatic carbocycles. The molecule has 1 heterocycles. The first kappa shape index (κ1) is 17.5. The Morgan fingerprint density at radius 1 is 0.808 bits per heavy atom. The van der Waals surface area contributed by atoms with E-state index in [1.165, 1.54) is 19.3 Å². The highest BCUT2D eigenvalue weighted by atomic mass is 16.2. The monoisotopic (exact) mass is 348 g/mol. The van der Waals surface area contributed by atoms with E-state index in [9.17, 15) is 9.59 Å². The van der Waals surface area contributed by atoms with Gasteiger partial charge in [-0.2, -0.15) is 5.26 Å². The molecule has 3 rings (SSSR count). The summed E-state index contributed by atoms with van der Waals surface area (Å²) in [6.45, 7) is 2.11.